The molecule has 0 heterocycles. The highest BCUT2D eigenvalue weighted by molar-refractivity contribution is 7.89. The largest absolute Gasteiger partial charge is 0.399 e. The minimum absolute atomic E-state index is 0.0484. The van der Waals surface area contributed by atoms with E-state index >= 15 is 0 Å². The number of aliphatic hydroxyl groups is 1. The summed E-state index contributed by atoms with van der Waals surface area (Å²) in [6.07, 6.45) is 0.460. The lowest BCUT2D eigenvalue weighted by atomic mass is 9.98. The highest BCUT2D eigenvalue weighted by Gasteiger charge is 2.44. The number of hydrogen-bond acceptors (Lipinski definition) is 7. The third-order valence-corrected chi connectivity index (χ3v) is 10.4. The summed E-state index contributed by atoms with van der Waals surface area (Å²) in [5.74, 6) is -1.59. The van der Waals surface area contributed by atoms with Crippen LogP contribution in [0.15, 0.2) is 83.8 Å². The van der Waals surface area contributed by atoms with Gasteiger partial charge in [-0.2, -0.15) is 4.31 Å². The van der Waals surface area contributed by atoms with Crippen molar-refractivity contribution in [1.29, 1.82) is 0 Å². The van der Waals surface area contributed by atoms with Crippen LogP contribution in [0.25, 0.3) is 0 Å². The van der Waals surface area contributed by atoms with Gasteiger partial charge in [0.05, 0.1) is 23.6 Å². The van der Waals surface area contributed by atoms with Crippen molar-refractivity contribution in [1.82, 2.24) is 20.3 Å². The van der Waals surface area contributed by atoms with E-state index in [1.165, 1.54) is 40.7 Å². The third-order valence-electron chi connectivity index (χ3n) is 8.55. The molecule has 10 nitrogen and oxygen atoms in total. The molecule has 2 amide bonds. The van der Waals surface area contributed by atoms with Gasteiger partial charge < -0.3 is 21.5 Å². The molecule has 1 aliphatic carbocycles. The minimum atomic E-state index is -4.00. The second kappa shape index (κ2) is 16.0. The van der Waals surface area contributed by atoms with Gasteiger partial charge in [0.1, 0.15) is 11.9 Å². The number of halogens is 1. The molecular weight excluding hydrogens is 633 g/mol. The second-order valence-electron chi connectivity index (χ2n) is 13.4. The Bertz CT molecular complexity index is 1630. The first kappa shape index (κ1) is 37.0. The summed E-state index contributed by atoms with van der Waals surface area (Å²) in [7, 11) is -4.00. The smallest absolute Gasteiger partial charge is 0.243 e. The van der Waals surface area contributed by atoms with Crippen LogP contribution in [0, 0.1) is 17.7 Å². The van der Waals surface area contributed by atoms with Gasteiger partial charge in [0.25, 0.3) is 0 Å². The summed E-state index contributed by atoms with van der Waals surface area (Å²) in [4.78, 5) is 26.9. The molecule has 1 aliphatic rings. The van der Waals surface area contributed by atoms with Crippen molar-refractivity contribution in [3.8, 4) is 0 Å². The van der Waals surface area contributed by atoms with Crippen LogP contribution in [0.2, 0.25) is 0 Å². The van der Waals surface area contributed by atoms with E-state index < -0.39 is 45.6 Å². The van der Waals surface area contributed by atoms with Gasteiger partial charge in [-0.05, 0) is 78.6 Å². The highest BCUT2D eigenvalue weighted by Crippen LogP contribution is 2.45. The number of anilines is 1. The topological polar surface area (TPSA) is 154 Å². The van der Waals surface area contributed by atoms with Gasteiger partial charge in [0.15, 0.2) is 0 Å². The first-order valence-electron chi connectivity index (χ1n) is 16.4. The fourth-order valence-electron chi connectivity index (χ4n) is 5.71. The maximum atomic E-state index is 13.8. The van der Waals surface area contributed by atoms with E-state index in [1.54, 1.807) is 19.9 Å². The molecule has 0 spiro atoms. The zero-order chi connectivity index (χ0) is 35.1. The van der Waals surface area contributed by atoms with Gasteiger partial charge in [-0.3, -0.25) is 14.9 Å². The van der Waals surface area contributed by atoms with Crippen molar-refractivity contribution in [2.24, 2.45) is 11.8 Å². The standard InChI is InChI=1S/C36H48FN5O5S/c1-24(2)22-42(48(46,47)30-15-13-29(38)14-16-30)23-32(43)31(19-26-9-6-5-7-10-26)40-35(45)34(25(3)4)41-33(44)21-39-36(17-18-36)27-11-8-12-28(37)20-27/h5-16,20,24-25,31-32,34,39,43H,17-19,21-23,38H2,1-4H3,(H,40,45)(H,41,44)/t31-,32+,34?/m0/s1. The van der Waals surface area contributed by atoms with Gasteiger partial charge in [0.2, 0.25) is 21.8 Å². The normalized spacial score (nSPS) is 16.0. The summed E-state index contributed by atoms with van der Waals surface area (Å²) in [5, 5.41) is 20.6. The summed E-state index contributed by atoms with van der Waals surface area (Å²) in [6.45, 7) is 7.18. The zero-order valence-corrected chi connectivity index (χ0v) is 28.8. The van der Waals surface area contributed by atoms with Crippen LogP contribution >= 0.6 is 0 Å². The fourth-order valence-corrected chi connectivity index (χ4v) is 7.34. The maximum Gasteiger partial charge on any atom is 0.243 e. The molecule has 6 N–H and O–H groups in total. The number of nitrogens with zero attached hydrogens (tertiary/aromatic N) is 1. The number of amides is 2. The number of nitrogen functional groups attached to an aromatic ring is 1. The van der Waals surface area contributed by atoms with Gasteiger partial charge in [-0.1, -0.05) is 70.2 Å². The summed E-state index contributed by atoms with van der Waals surface area (Å²) in [5.41, 5.74) is 7.34. The molecule has 3 atom stereocenters. The van der Waals surface area contributed by atoms with E-state index in [0.29, 0.717) is 5.69 Å². The molecule has 4 rings (SSSR count). The molecule has 3 aromatic carbocycles. The van der Waals surface area contributed by atoms with Crippen LogP contribution in [0.1, 0.15) is 51.7 Å². The van der Waals surface area contributed by atoms with Crippen molar-refractivity contribution in [3.05, 3.63) is 95.8 Å². The number of rotatable bonds is 17. The number of carbonyl (C=O) groups is 2. The Labute approximate surface area is 283 Å². The molecular formula is C36H48FN5O5S. The van der Waals surface area contributed by atoms with Crippen LogP contribution in [-0.2, 0) is 31.6 Å². The van der Waals surface area contributed by atoms with Crippen molar-refractivity contribution in [3.63, 3.8) is 0 Å². The molecule has 0 radical (unpaired) electrons. The summed E-state index contributed by atoms with van der Waals surface area (Å²) >= 11 is 0. The van der Waals surface area contributed by atoms with E-state index in [2.05, 4.69) is 16.0 Å². The molecule has 0 saturated heterocycles. The van der Waals surface area contributed by atoms with Crippen molar-refractivity contribution < 1.29 is 27.5 Å². The second-order valence-corrected chi connectivity index (χ2v) is 15.3. The number of benzene rings is 3. The maximum absolute atomic E-state index is 13.8. The predicted molar refractivity (Wildman–Crippen MR) is 185 cm³/mol. The molecule has 1 fully saturated rings. The molecule has 260 valence electrons. The monoisotopic (exact) mass is 681 g/mol. The Kier molecular flexibility index (Phi) is 12.4. The van der Waals surface area contributed by atoms with Gasteiger partial charge in [0, 0.05) is 24.3 Å². The Morgan fingerprint density at radius 1 is 0.938 bits per heavy atom. The van der Waals surface area contributed by atoms with Crippen molar-refractivity contribution in [2.45, 2.75) is 75.6 Å². The van der Waals surface area contributed by atoms with Crippen LogP contribution in [0.5, 0.6) is 0 Å². The lowest BCUT2D eigenvalue weighted by molar-refractivity contribution is -0.130. The van der Waals surface area contributed by atoms with Crippen LogP contribution in [0.4, 0.5) is 10.1 Å². The minimum Gasteiger partial charge on any atom is -0.399 e. The highest BCUT2D eigenvalue weighted by atomic mass is 32.2. The molecule has 1 saturated carbocycles. The molecule has 1 unspecified atom stereocenters. The molecule has 0 aromatic heterocycles. The average molecular weight is 682 g/mol. The first-order valence-corrected chi connectivity index (χ1v) is 17.8. The van der Waals surface area contributed by atoms with Crippen LogP contribution < -0.4 is 21.7 Å². The number of nitrogens with one attached hydrogen (secondary N) is 3. The lowest BCUT2D eigenvalue weighted by Crippen LogP contribution is -2.57. The van der Waals surface area contributed by atoms with E-state index in [9.17, 15) is 27.5 Å². The number of nitrogens with two attached hydrogens (primary N) is 1. The molecule has 48 heavy (non-hydrogen) atoms. The number of carbonyl (C=O) groups excluding carboxylic acids is 2. The predicted octanol–water partition coefficient (Wildman–Crippen LogP) is 3.56. The Balaban J connectivity index is 1.49. The SMILES string of the molecule is CC(C)CN(C[C@@H](O)[C@H](Cc1ccccc1)NC(=O)C(NC(=O)CNC1(c2cccc(F)c2)CC1)C(C)C)S(=O)(=O)c1ccc(N)cc1. The Morgan fingerprint density at radius 2 is 1.60 bits per heavy atom. The molecule has 0 aliphatic heterocycles. The fraction of sp³-hybridized carbons (Fsp3) is 0.444. The summed E-state index contributed by atoms with van der Waals surface area (Å²) < 4.78 is 42.5. The molecule has 0 bridgehead atoms. The van der Waals surface area contributed by atoms with E-state index in [0.717, 1.165) is 24.0 Å². The Morgan fingerprint density at radius 3 is 2.19 bits per heavy atom. The number of aliphatic hydroxyl groups excluding tert-OH is 1. The quantitative estimate of drug-likeness (QED) is 0.137. The number of hydrogen-bond donors (Lipinski definition) is 5. The van der Waals surface area contributed by atoms with Crippen molar-refractivity contribution in [2.75, 3.05) is 25.4 Å². The van der Waals surface area contributed by atoms with E-state index in [1.807, 2.05) is 50.2 Å². The lowest BCUT2D eigenvalue weighted by Gasteiger charge is -2.32. The van der Waals surface area contributed by atoms with Gasteiger partial charge in [-0.25, -0.2) is 12.8 Å². The van der Waals surface area contributed by atoms with E-state index in [4.69, 9.17) is 5.73 Å². The zero-order valence-electron chi connectivity index (χ0n) is 28.0. The Hall–Kier alpha value is -3.84. The van der Waals surface area contributed by atoms with Crippen molar-refractivity contribution >= 4 is 27.5 Å². The number of sulfonamides is 1. The van der Waals surface area contributed by atoms with Crippen LogP contribution in [0.3, 0.4) is 0 Å². The summed E-state index contributed by atoms with van der Waals surface area (Å²) in [6, 6.07) is 19.7. The van der Waals surface area contributed by atoms with Crippen LogP contribution in [-0.4, -0.2) is 67.5 Å². The first-order chi connectivity index (χ1) is 22.7. The molecule has 3 aromatic rings. The third kappa shape index (κ3) is 9.85. The van der Waals surface area contributed by atoms with E-state index in [-0.39, 0.29) is 48.6 Å². The average Bonchev–Trinajstić information content (AvgIpc) is 3.83. The molecule has 12 heteroatoms. The van der Waals surface area contributed by atoms with Gasteiger partial charge >= 0.3 is 0 Å². The van der Waals surface area contributed by atoms with Gasteiger partial charge in [-0.15, -0.1) is 0 Å².